The summed E-state index contributed by atoms with van der Waals surface area (Å²) in [4.78, 5) is 17.2. The van der Waals surface area contributed by atoms with Gasteiger partial charge in [-0.3, -0.25) is 10.00 Å². The van der Waals surface area contributed by atoms with Crippen molar-refractivity contribution in [2.24, 2.45) is 7.05 Å². The van der Waals surface area contributed by atoms with Crippen molar-refractivity contribution in [2.45, 2.75) is 51.6 Å². The number of carbonyl (C=O) groups excluding carboxylic acids is 1. The van der Waals surface area contributed by atoms with Crippen LogP contribution in [0.5, 0.6) is 0 Å². The molecule has 7 heteroatoms. The summed E-state index contributed by atoms with van der Waals surface area (Å²) < 4.78 is 7.73. The molecule has 3 rings (SSSR count). The van der Waals surface area contributed by atoms with Crippen molar-refractivity contribution in [2.75, 3.05) is 44.6 Å². The smallest absolute Gasteiger partial charge is 0.323 e. The summed E-state index contributed by atoms with van der Waals surface area (Å²) in [7, 11) is 1.87. The summed E-state index contributed by atoms with van der Waals surface area (Å²) >= 11 is 0. The molecular weight excluding hydrogens is 330 g/mol. The molecule has 0 aromatic carbocycles. The largest absolute Gasteiger partial charge is 0.375 e. The van der Waals surface area contributed by atoms with Crippen molar-refractivity contribution in [3.05, 3.63) is 11.8 Å². The molecule has 7 nitrogen and oxygen atoms in total. The fourth-order valence-corrected chi connectivity index (χ4v) is 3.58. The van der Waals surface area contributed by atoms with Crippen molar-refractivity contribution in [3.63, 3.8) is 0 Å². The second-order valence-electron chi connectivity index (χ2n) is 8.52. The minimum Gasteiger partial charge on any atom is -0.375 e. The molecule has 1 aromatic heterocycles. The summed E-state index contributed by atoms with van der Waals surface area (Å²) in [6.45, 7) is 11.7. The van der Waals surface area contributed by atoms with Gasteiger partial charge in [-0.15, -0.1) is 0 Å². The Morgan fingerprint density at radius 3 is 2.65 bits per heavy atom. The topological polar surface area (TPSA) is 62.6 Å². The van der Waals surface area contributed by atoms with Gasteiger partial charge in [-0.1, -0.05) is 20.8 Å². The van der Waals surface area contributed by atoms with Crippen molar-refractivity contribution in [3.8, 4) is 0 Å². The van der Waals surface area contributed by atoms with Gasteiger partial charge in [0.1, 0.15) is 5.82 Å². The van der Waals surface area contributed by atoms with E-state index >= 15 is 0 Å². The van der Waals surface area contributed by atoms with Crippen LogP contribution in [0.2, 0.25) is 0 Å². The van der Waals surface area contributed by atoms with Gasteiger partial charge in [-0.25, -0.2) is 4.79 Å². The lowest BCUT2D eigenvalue weighted by Gasteiger charge is -2.27. The Kier molecular flexibility index (Phi) is 5.87. The summed E-state index contributed by atoms with van der Waals surface area (Å²) in [5.74, 6) is 0.737. The van der Waals surface area contributed by atoms with E-state index < -0.39 is 0 Å². The van der Waals surface area contributed by atoms with Crippen LogP contribution in [0.1, 0.15) is 45.7 Å². The van der Waals surface area contributed by atoms with Crippen LogP contribution >= 0.6 is 0 Å². The van der Waals surface area contributed by atoms with Crippen LogP contribution in [-0.4, -0.2) is 71.0 Å². The molecule has 2 saturated heterocycles. The third-order valence-electron chi connectivity index (χ3n) is 5.18. The molecule has 2 aliphatic heterocycles. The molecule has 0 aliphatic carbocycles. The van der Waals surface area contributed by atoms with Crippen molar-refractivity contribution in [1.82, 2.24) is 19.6 Å². The number of likely N-dealkylation sites (tertiary alicyclic amines) is 1. The third-order valence-corrected chi connectivity index (χ3v) is 5.18. The second-order valence-corrected chi connectivity index (χ2v) is 8.52. The quantitative estimate of drug-likeness (QED) is 0.896. The highest BCUT2D eigenvalue weighted by molar-refractivity contribution is 5.88. The van der Waals surface area contributed by atoms with Gasteiger partial charge in [-0.05, 0) is 32.4 Å². The van der Waals surface area contributed by atoms with Crippen LogP contribution < -0.4 is 5.32 Å². The number of amides is 2. The lowest BCUT2D eigenvalue weighted by atomic mass is 9.92. The number of carbonyl (C=O) groups is 1. The van der Waals surface area contributed by atoms with Gasteiger partial charge in [-0.2, -0.15) is 5.10 Å². The standard InChI is InChI=1S/C19H33N5O2/c1-19(2,3)16-12-17(22(4)21-16)20-18(25)24-10-7-11-26-15(14-24)13-23-8-5-6-9-23/h12,15H,5-11,13-14H2,1-4H3,(H,20,25)/t15-/m1/s1. The number of urea groups is 1. The van der Waals surface area contributed by atoms with Gasteiger partial charge in [0.25, 0.3) is 0 Å². The molecule has 2 aliphatic rings. The molecule has 0 radical (unpaired) electrons. The number of anilines is 1. The predicted molar refractivity (Wildman–Crippen MR) is 103 cm³/mol. The first-order valence-electron chi connectivity index (χ1n) is 9.77. The number of aromatic nitrogens is 2. The molecule has 2 fully saturated rings. The van der Waals surface area contributed by atoms with E-state index in [2.05, 4.69) is 36.1 Å². The number of hydrogen-bond acceptors (Lipinski definition) is 4. The Morgan fingerprint density at radius 1 is 1.27 bits per heavy atom. The maximum atomic E-state index is 12.8. The third kappa shape index (κ3) is 4.76. The van der Waals surface area contributed by atoms with E-state index in [1.54, 1.807) is 4.68 Å². The van der Waals surface area contributed by atoms with Crippen LogP contribution in [0.25, 0.3) is 0 Å². The monoisotopic (exact) mass is 363 g/mol. The summed E-state index contributed by atoms with van der Waals surface area (Å²) in [5, 5.41) is 7.57. The Bertz CT molecular complexity index is 616. The van der Waals surface area contributed by atoms with E-state index in [4.69, 9.17) is 4.74 Å². The molecule has 26 heavy (non-hydrogen) atoms. The molecule has 0 saturated carbocycles. The zero-order chi connectivity index (χ0) is 18.7. The first-order chi connectivity index (χ1) is 12.3. The van der Waals surface area contributed by atoms with Crippen molar-refractivity contribution in [1.29, 1.82) is 0 Å². The highest BCUT2D eigenvalue weighted by atomic mass is 16.5. The SMILES string of the molecule is Cn1nc(C(C)(C)C)cc1NC(=O)N1CCCO[C@H](CN2CCCC2)C1. The van der Waals surface area contributed by atoms with Crippen LogP contribution in [0.3, 0.4) is 0 Å². The maximum absolute atomic E-state index is 12.8. The van der Waals surface area contributed by atoms with Gasteiger partial charge < -0.3 is 14.5 Å². The fraction of sp³-hybridized carbons (Fsp3) is 0.789. The Labute approximate surface area is 156 Å². The molecule has 1 atom stereocenters. The number of ether oxygens (including phenoxy) is 1. The number of hydrogen-bond donors (Lipinski definition) is 1. The Hall–Kier alpha value is -1.60. The number of nitrogens with one attached hydrogen (secondary N) is 1. The molecule has 1 aromatic rings. The van der Waals surface area contributed by atoms with Crippen molar-refractivity contribution >= 4 is 11.8 Å². The summed E-state index contributed by atoms with van der Waals surface area (Å²) in [6, 6.07) is 1.90. The highest BCUT2D eigenvalue weighted by Crippen LogP contribution is 2.23. The lowest BCUT2D eigenvalue weighted by Crippen LogP contribution is -2.43. The van der Waals surface area contributed by atoms with Gasteiger partial charge in [0.15, 0.2) is 0 Å². The zero-order valence-electron chi connectivity index (χ0n) is 16.6. The average molecular weight is 364 g/mol. The van der Waals surface area contributed by atoms with E-state index in [9.17, 15) is 4.79 Å². The maximum Gasteiger partial charge on any atom is 0.323 e. The lowest BCUT2D eigenvalue weighted by molar-refractivity contribution is 0.0355. The van der Waals surface area contributed by atoms with Gasteiger partial charge >= 0.3 is 6.03 Å². The number of aryl methyl sites for hydroxylation is 1. The van der Waals surface area contributed by atoms with E-state index in [-0.39, 0.29) is 17.6 Å². The fourth-order valence-electron chi connectivity index (χ4n) is 3.58. The zero-order valence-corrected chi connectivity index (χ0v) is 16.6. The van der Waals surface area contributed by atoms with Crippen LogP contribution in [0.15, 0.2) is 6.07 Å². The van der Waals surface area contributed by atoms with Gasteiger partial charge in [0, 0.05) is 44.8 Å². The Morgan fingerprint density at radius 2 is 2.00 bits per heavy atom. The summed E-state index contributed by atoms with van der Waals surface area (Å²) in [6.07, 6.45) is 3.52. The molecule has 0 bridgehead atoms. The molecule has 1 N–H and O–H groups in total. The minimum atomic E-state index is -0.0645. The molecule has 146 valence electrons. The molecular formula is C19H33N5O2. The Balaban J connectivity index is 1.61. The van der Waals surface area contributed by atoms with Gasteiger partial charge in [0.05, 0.1) is 11.8 Å². The number of nitrogens with zero attached hydrogens (tertiary/aromatic N) is 4. The first kappa shape index (κ1) is 19.2. The van der Waals surface area contributed by atoms with Crippen LogP contribution in [-0.2, 0) is 17.2 Å². The predicted octanol–water partition coefficient (Wildman–Crippen LogP) is 2.44. The van der Waals surface area contributed by atoms with Crippen LogP contribution in [0, 0.1) is 0 Å². The van der Waals surface area contributed by atoms with Gasteiger partial charge in [0.2, 0.25) is 0 Å². The van der Waals surface area contributed by atoms with Crippen molar-refractivity contribution < 1.29 is 9.53 Å². The first-order valence-corrected chi connectivity index (χ1v) is 9.77. The van der Waals surface area contributed by atoms with E-state index in [1.165, 1.54) is 12.8 Å². The number of rotatable bonds is 3. The molecule has 0 spiro atoms. The molecule has 3 heterocycles. The van der Waals surface area contributed by atoms with E-state index in [1.807, 2.05) is 18.0 Å². The molecule has 2 amide bonds. The summed E-state index contributed by atoms with van der Waals surface area (Å²) in [5.41, 5.74) is 0.930. The average Bonchev–Trinajstić information content (AvgIpc) is 3.13. The van der Waals surface area contributed by atoms with Crippen LogP contribution in [0.4, 0.5) is 10.6 Å². The second kappa shape index (κ2) is 7.96. The van der Waals surface area contributed by atoms with E-state index in [0.29, 0.717) is 6.54 Å². The normalized spacial score (nSPS) is 22.5. The highest BCUT2D eigenvalue weighted by Gasteiger charge is 2.26. The minimum absolute atomic E-state index is 0.0436. The van der Waals surface area contributed by atoms with E-state index in [0.717, 1.165) is 50.7 Å². The molecule has 0 unspecified atom stereocenters.